The summed E-state index contributed by atoms with van der Waals surface area (Å²) in [6, 6.07) is 0. The summed E-state index contributed by atoms with van der Waals surface area (Å²) in [5.74, 6) is 0. The van der Waals surface area contributed by atoms with Crippen LogP contribution < -0.4 is 0 Å². The molecule has 0 aliphatic rings. The van der Waals surface area contributed by atoms with Crippen LogP contribution >= 0.6 is 24.4 Å². The van der Waals surface area contributed by atoms with Gasteiger partial charge in [0.2, 0.25) is 0 Å². The Labute approximate surface area is 215 Å². The van der Waals surface area contributed by atoms with Crippen LogP contribution in [0.5, 0.6) is 0 Å². The number of hydrogen-bond donors (Lipinski definition) is 0. The average molecular weight is 544 g/mol. The second kappa shape index (κ2) is 26.8. The van der Waals surface area contributed by atoms with Gasteiger partial charge in [0.05, 0.1) is 0 Å². The number of thiocarbonyl (C=S) groups is 2. The van der Waals surface area contributed by atoms with Gasteiger partial charge in [0.25, 0.3) is 0 Å². The summed E-state index contributed by atoms with van der Waals surface area (Å²) in [5, 5.41) is 0. The van der Waals surface area contributed by atoms with E-state index in [1.807, 2.05) is 0 Å². The molecule has 0 saturated carbocycles. The summed E-state index contributed by atoms with van der Waals surface area (Å²) in [6.45, 7) is 13.1. The van der Waals surface area contributed by atoms with Gasteiger partial charge in [-0.15, -0.1) is 0 Å². The van der Waals surface area contributed by atoms with E-state index in [2.05, 4.69) is 37.5 Å². The van der Waals surface area contributed by atoms with Crippen molar-refractivity contribution in [3.05, 3.63) is 0 Å². The number of hydrogen-bond acceptors (Lipinski definition) is 4. The van der Waals surface area contributed by atoms with E-state index < -0.39 is 0 Å². The fourth-order valence-electron chi connectivity index (χ4n) is 2.80. The summed E-state index contributed by atoms with van der Waals surface area (Å²) < 4.78 is 1.30. The molecule has 0 spiro atoms. The van der Waals surface area contributed by atoms with E-state index in [4.69, 9.17) is 49.7 Å². The summed E-state index contributed by atoms with van der Waals surface area (Å²) in [7, 11) is 0. The zero-order chi connectivity index (χ0) is 21.6. The third kappa shape index (κ3) is 24.9. The third-order valence-corrected chi connectivity index (χ3v) is 5.68. The van der Waals surface area contributed by atoms with Crippen LogP contribution in [0, 0.1) is 0 Å². The second-order valence-electron chi connectivity index (χ2n) is 7.33. The number of unbranched alkanes of at least 4 members (excludes halogenated alkanes) is 8. The first-order chi connectivity index (χ1) is 13.4. The van der Waals surface area contributed by atoms with Gasteiger partial charge in [0, 0.05) is 26.2 Å². The summed E-state index contributed by atoms with van der Waals surface area (Å²) in [5.41, 5.74) is 0. The molecule has 0 aliphatic heterocycles. The maximum absolute atomic E-state index is 5.06. The van der Waals surface area contributed by atoms with Crippen LogP contribution in [-0.2, 0) is 25.3 Å². The molecule has 0 aromatic carbocycles. The van der Waals surface area contributed by atoms with Crippen LogP contribution in [0.2, 0.25) is 0 Å². The Morgan fingerprint density at radius 3 is 0.862 bits per heavy atom. The Hall–Kier alpha value is 0.739. The standard InChI is InChI=1S/2C11H23NS2.Se/c2*1-3-5-7-9-12(11(13)14)10-8-6-4-2;/h2*3-10H2,1-2H3,(H,13,14);/q;;+2/p-2. The fourth-order valence-corrected chi connectivity index (χ4v) is 3.53. The van der Waals surface area contributed by atoms with Gasteiger partial charge < -0.3 is 59.5 Å². The molecule has 0 unspecified atom stereocenters. The van der Waals surface area contributed by atoms with Crippen LogP contribution in [-0.4, -0.2) is 61.7 Å². The number of nitrogens with zero attached hydrogens (tertiary/aromatic N) is 2. The molecule has 0 heterocycles. The van der Waals surface area contributed by atoms with Crippen LogP contribution in [0.4, 0.5) is 0 Å². The van der Waals surface area contributed by atoms with E-state index in [-0.39, 0.29) is 17.1 Å². The van der Waals surface area contributed by atoms with Crippen molar-refractivity contribution in [1.29, 1.82) is 0 Å². The molecule has 0 N–H and O–H groups in total. The second-order valence-corrected chi connectivity index (χ2v) is 9.40. The Balaban J connectivity index is -0.000000451. The zero-order valence-electron chi connectivity index (χ0n) is 19.2. The van der Waals surface area contributed by atoms with Crippen LogP contribution in [0.1, 0.15) is 105 Å². The van der Waals surface area contributed by atoms with Crippen LogP contribution in [0.15, 0.2) is 0 Å². The summed E-state index contributed by atoms with van der Waals surface area (Å²) >= 11 is 20.2. The summed E-state index contributed by atoms with van der Waals surface area (Å²) in [4.78, 5) is 4.35. The van der Waals surface area contributed by atoms with Crippen molar-refractivity contribution in [3.63, 3.8) is 0 Å². The molecule has 0 aromatic heterocycles. The minimum Gasteiger partial charge on any atom is -0.411 e. The maximum Gasteiger partial charge on any atom is 2.00 e. The van der Waals surface area contributed by atoms with Gasteiger partial charge in [-0.1, -0.05) is 87.7 Å². The molecule has 0 atom stereocenters. The first-order valence-corrected chi connectivity index (χ1v) is 13.0. The predicted molar refractivity (Wildman–Crippen MR) is 147 cm³/mol. The molecule has 172 valence electrons. The van der Waals surface area contributed by atoms with Crippen LogP contribution in [0.3, 0.4) is 0 Å². The minimum atomic E-state index is 0. The van der Waals surface area contributed by atoms with Crippen molar-refractivity contribution < 1.29 is 0 Å². The van der Waals surface area contributed by atoms with Gasteiger partial charge in [0.1, 0.15) is 0 Å². The molecule has 2 nitrogen and oxygen atoms in total. The van der Waals surface area contributed by atoms with E-state index in [9.17, 15) is 0 Å². The van der Waals surface area contributed by atoms with E-state index in [0.29, 0.717) is 8.64 Å². The molecule has 0 aromatic rings. The Morgan fingerprint density at radius 2 is 0.724 bits per heavy atom. The van der Waals surface area contributed by atoms with E-state index in [1.165, 1.54) is 77.0 Å². The molecule has 0 saturated heterocycles. The van der Waals surface area contributed by atoms with Crippen molar-refractivity contribution in [3.8, 4) is 0 Å². The first kappa shape index (κ1) is 34.4. The van der Waals surface area contributed by atoms with Gasteiger partial charge in [-0.05, 0) is 25.7 Å². The van der Waals surface area contributed by atoms with Crippen molar-refractivity contribution in [2.45, 2.75) is 105 Å². The maximum atomic E-state index is 5.06. The molecular formula is C22H44N2S4Se. The van der Waals surface area contributed by atoms with Crippen molar-refractivity contribution >= 4 is 75.4 Å². The SMILES string of the molecule is CCCCCN(CCCCC)C(=S)[S-].CCCCCN(CCCCC)C(=S)[S-].[Se+2]. The Morgan fingerprint density at radius 1 is 0.517 bits per heavy atom. The van der Waals surface area contributed by atoms with Gasteiger partial charge in [-0.25, -0.2) is 0 Å². The largest absolute Gasteiger partial charge is 2.00 e. The molecule has 4 radical (unpaired) electrons. The van der Waals surface area contributed by atoms with Crippen molar-refractivity contribution in [1.82, 2.24) is 9.80 Å². The quantitative estimate of drug-likeness (QED) is 0.0927. The van der Waals surface area contributed by atoms with E-state index in [0.717, 1.165) is 26.2 Å². The predicted octanol–water partition coefficient (Wildman–Crippen LogP) is 6.62. The molecular weight excluding hydrogens is 499 g/mol. The van der Waals surface area contributed by atoms with Gasteiger partial charge >= 0.3 is 17.1 Å². The van der Waals surface area contributed by atoms with Crippen molar-refractivity contribution in [2.24, 2.45) is 0 Å². The smallest absolute Gasteiger partial charge is 0.411 e. The molecule has 0 bridgehead atoms. The van der Waals surface area contributed by atoms with Gasteiger partial charge in [0.15, 0.2) is 0 Å². The van der Waals surface area contributed by atoms with Crippen molar-refractivity contribution in [2.75, 3.05) is 26.2 Å². The minimum absolute atomic E-state index is 0. The zero-order valence-corrected chi connectivity index (χ0v) is 24.2. The molecule has 7 heteroatoms. The first-order valence-electron chi connectivity index (χ1n) is 11.4. The molecule has 0 amide bonds. The molecule has 0 rings (SSSR count). The Bertz CT molecular complexity index is 317. The molecule has 0 fully saturated rings. The van der Waals surface area contributed by atoms with Gasteiger partial charge in [-0.3, -0.25) is 0 Å². The fraction of sp³-hybridized carbons (Fsp3) is 0.909. The van der Waals surface area contributed by atoms with E-state index >= 15 is 0 Å². The van der Waals surface area contributed by atoms with Gasteiger partial charge in [-0.2, -0.15) is 0 Å². The molecule has 0 aliphatic carbocycles. The number of rotatable bonds is 16. The van der Waals surface area contributed by atoms with E-state index in [1.54, 1.807) is 0 Å². The molecule has 29 heavy (non-hydrogen) atoms. The van der Waals surface area contributed by atoms with Crippen LogP contribution in [0.25, 0.3) is 0 Å². The average Bonchev–Trinajstić information content (AvgIpc) is 2.66. The monoisotopic (exact) mass is 544 g/mol. The summed E-state index contributed by atoms with van der Waals surface area (Å²) in [6.07, 6.45) is 15.0. The third-order valence-electron chi connectivity index (χ3n) is 4.64. The normalized spacial score (nSPS) is 9.79. The Kier molecular flexibility index (Phi) is 31.7. The topological polar surface area (TPSA) is 6.48 Å².